The Hall–Kier alpha value is -2.49. The number of nitrogens with one attached hydrogen (secondary N) is 1. The molecule has 2 aromatic carbocycles. The van der Waals surface area contributed by atoms with Crippen LogP contribution in [0.25, 0.3) is 0 Å². The number of methoxy groups -OCH3 is 1. The van der Waals surface area contributed by atoms with Crippen molar-refractivity contribution in [3.8, 4) is 11.5 Å². The van der Waals surface area contributed by atoms with Gasteiger partial charge in [-0.15, -0.1) is 0 Å². The van der Waals surface area contributed by atoms with Gasteiger partial charge in [-0.2, -0.15) is 0 Å². The van der Waals surface area contributed by atoms with Crippen molar-refractivity contribution in [1.29, 1.82) is 0 Å². The highest BCUT2D eigenvalue weighted by Crippen LogP contribution is 2.18. The van der Waals surface area contributed by atoms with E-state index in [1.807, 2.05) is 51.1 Å². The minimum atomic E-state index is -0.465. The van der Waals surface area contributed by atoms with Gasteiger partial charge in [0.1, 0.15) is 11.5 Å². The molecule has 2 rings (SSSR count). The molecule has 4 nitrogen and oxygen atoms in total. The Balaban J connectivity index is 1.81. The van der Waals surface area contributed by atoms with Crippen molar-refractivity contribution in [3.05, 3.63) is 59.2 Å². The van der Waals surface area contributed by atoms with Gasteiger partial charge in [-0.1, -0.05) is 25.1 Å². The van der Waals surface area contributed by atoms with Crippen molar-refractivity contribution >= 4 is 5.91 Å². The van der Waals surface area contributed by atoms with Crippen molar-refractivity contribution in [1.82, 2.24) is 5.32 Å². The fraction of sp³-hybridized carbons (Fsp3) is 0.409. The van der Waals surface area contributed by atoms with Gasteiger partial charge in [0, 0.05) is 6.54 Å². The molecule has 1 amide bonds. The molecule has 0 bridgehead atoms. The van der Waals surface area contributed by atoms with Crippen LogP contribution in [0.2, 0.25) is 0 Å². The van der Waals surface area contributed by atoms with Crippen LogP contribution in [0.4, 0.5) is 0 Å². The van der Waals surface area contributed by atoms with E-state index in [9.17, 15) is 4.79 Å². The maximum absolute atomic E-state index is 12.4. The fourth-order valence-corrected chi connectivity index (χ4v) is 2.93. The molecule has 1 atom stereocenters. The standard InChI is InChI=1S/C22H29NO3/c1-5-21(26-20-13-16(2)12-17(3)14-20)22(24)23-11-7-9-18-8-6-10-19(15-18)25-4/h6,8,10,12-15,21H,5,7,9,11H2,1-4H3,(H,23,24)/t21-/m0/s1. The normalized spacial score (nSPS) is 11.7. The molecule has 0 saturated heterocycles. The lowest BCUT2D eigenvalue weighted by atomic mass is 10.1. The molecule has 2 aromatic rings. The number of hydrogen-bond acceptors (Lipinski definition) is 3. The minimum absolute atomic E-state index is 0.0581. The predicted octanol–water partition coefficient (Wildman–Crippen LogP) is 4.22. The Morgan fingerprint density at radius 3 is 2.46 bits per heavy atom. The number of carbonyl (C=O) groups is 1. The van der Waals surface area contributed by atoms with E-state index < -0.39 is 6.10 Å². The Labute approximate surface area is 156 Å². The first-order chi connectivity index (χ1) is 12.5. The molecule has 0 heterocycles. The van der Waals surface area contributed by atoms with Crippen molar-refractivity contribution in [2.75, 3.05) is 13.7 Å². The van der Waals surface area contributed by atoms with Gasteiger partial charge in [0.05, 0.1) is 7.11 Å². The molecule has 0 aromatic heterocycles. The van der Waals surface area contributed by atoms with E-state index in [0.29, 0.717) is 13.0 Å². The number of hydrogen-bond donors (Lipinski definition) is 1. The van der Waals surface area contributed by atoms with Gasteiger partial charge in [0.25, 0.3) is 5.91 Å². The molecule has 0 unspecified atom stereocenters. The zero-order valence-electron chi connectivity index (χ0n) is 16.2. The molecule has 1 N–H and O–H groups in total. The number of benzene rings is 2. The van der Waals surface area contributed by atoms with Crippen LogP contribution in [0.5, 0.6) is 11.5 Å². The summed E-state index contributed by atoms with van der Waals surface area (Å²) in [5.74, 6) is 1.55. The lowest BCUT2D eigenvalue weighted by molar-refractivity contribution is -0.128. The number of aryl methyl sites for hydroxylation is 3. The van der Waals surface area contributed by atoms with Crippen molar-refractivity contribution in [2.24, 2.45) is 0 Å². The molecular weight excluding hydrogens is 326 g/mol. The highest BCUT2D eigenvalue weighted by Gasteiger charge is 2.18. The van der Waals surface area contributed by atoms with Crippen molar-refractivity contribution in [3.63, 3.8) is 0 Å². The van der Waals surface area contributed by atoms with Gasteiger partial charge in [0.15, 0.2) is 6.10 Å². The summed E-state index contributed by atoms with van der Waals surface area (Å²) in [6.07, 6.45) is 1.94. The van der Waals surface area contributed by atoms with E-state index in [1.54, 1.807) is 7.11 Å². The number of carbonyl (C=O) groups excluding carboxylic acids is 1. The predicted molar refractivity (Wildman–Crippen MR) is 105 cm³/mol. The minimum Gasteiger partial charge on any atom is -0.497 e. The average molecular weight is 355 g/mol. The first kappa shape index (κ1) is 19.8. The SMILES string of the molecule is CC[C@H](Oc1cc(C)cc(C)c1)C(=O)NCCCc1cccc(OC)c1. The van der Waals surface area contributed by atoms with Crippen LogP contribution in [0.1, 0.15) is 36.5 Å². The molecule has 0 radical (unpaired) electrons. The molecule has 0 fully saturated rings. The molecule has 26 heavy (non-hydrogen) atoms. The third-order valence-corrected chi connectivity index (χ3v) is 4.21. The van der Waals surface area contributed by atoms with E-state index in [2.05, 4.69) is 17.4 Å². The smallest absolute Gasteiger partial charge is 0.261 e. The summed E-state index contributed by atoms with van der Waals surface area (Å²) < 4.78 is 11.1. The van der Waals surface area contributed by atoms with Crippen molar-refractivity contribution in [2.45, 2.75) is 46.1 Å². The molecule has 0 aliphatic heterocycles. The fourth-order valence-electron chi connectivity index (χ4n) is 2.93. The monoisotopic (exact) mass is 355 g/mol. The van der Waals surface area contributed by atoms with Crippen LogP contribution < -0.4 is 14.8 Å². The second-order valence-corrected chi connectivity index (χ2v) is 6.58. The number of amides is 1. The topological polar surface area (TPSA) is 47.6 Å². The van der Waals surface area contributed by atoms with Crippen LogP contribution in [-0.2, 0) is 11.2 Å². The number of rotatable bonds is 9. The van der Waals surface area contributed by atoms with Crippen LogP contribution in [-0.4, -0.2) is 25.7 Å². The quantitative estimate of drug-likeness (QED) is 0.685. The molecule has 0 aliphatic carbocycles. The van der Waals surface area contributed by atoms with Crippen LogP contribution in [0.15, 0.2) is 42.5 Å². The Morgan fingerprint density at radius 1 is 1.08 bits per heavy atom. The molecule has 4 heteroatoms. The third kappa shape index (κ3) is 6.10. The number of ether oxygens (including phenoxy) is 2. The second kappa shape index (κ2) is 9.85. The second-order valence-electron chi connectivity index (χ2n) is 6.58. The Bertz CT molecular complexity index is 707. The first-order valence-electron chi connectivity index (χ1n) is 9.17. The largest absolute Gasteiger partial charge is 0.497 e. The highest BCUT2D eigenvalue weighted by atomic mass is 16.5. The van der Waals surface area contributed by atoms with E-state index in [1.165, 1.54) is 5.56 Å². The maximum atomic E-state index is 12.4. The molecule has 140 valence electrons. The van der Waals surface area contributed by atoms with Crippen LogP contribution in [0, 0.1) is 13.8 Å². The average Bonchev–Trinajstić information content (AvgIpc) is 2.62. The molecule has 0 aliphatic rings. The van der Waals surface area contributed by atoms with E-state index >= 15 is 0 Å². The zero-order chi connectivity index (χ0) is 18.9. The van der Waals surface area contributed by atoms with Gasteiger partial charge in [-0.05, 0) is 74.1 Å². The zero-order valence-corrected chi connectivity index (χ0v) is 16.2. The molecule has 0 spiro atoms. The summed E-state index contributed by atoms with van der Waals surface area (Å²) in [6, 6.07) is 14.0. The lowest BCUT2D eigenvalue weighted by Crippen LogP contribution is -2.38. The summed E-state index contributed by atoms with van der Waals surface area (Å²) in [7, 11) is 1.67. The molecular formula is C22H29NO3. The summed E-state index contributed by atoms with van der Waals surface area (Å²) in [5.41, 5.74) is 3.47. The van der Waals surface area contributed by atoms with Crippen molar-refractivity contribution < 1.29 is 14.3 Å². The molecule has 0 saturated carbocycles. The van der Waals surface area contributed by atoms with E-state index in [0.717, 1.165) is 35.5 Å². The third-order valence-electron chi connectivity index (χ3n) is 4.21. The van der Waals surface area contributed by atoms with Crippen LogP contribution >= 0.6 is 0 Å². The maximum Gasteiger partial charge on any atom is 0.261 e. The van der Waals surface area contributed by atoms with Gasteiger partial charge in [0.2, 0.25) is 0 Å². The summed E-state index contributed by atoms with van der Waals surface area (Å²) in [4.78, 5) is 12.4. The Kier molecular flexibility index (Phi) is 7.52. The van der Waals surface area contributed by atoms with E-state index in [-0.39, 0.29) is 5.91 Å². The first-order valence-corrected chi connectivity index (χ1v) is 9.17. The highest BCUT2D eigenvalue weighted by molar-refractivity contribution is 5.81. The summed E-state index contributed by atoms with van der Waals surface area (Å²) in [6.45, 7) is 6.64. The van der Waals surface area contributed by atoms with Gasteiger partial charge >= 0.3 is 0 Å². The summed E-state index contributed by atoms with van der Waals surface area (Å²) in [5, 5.41) is 2.99. The van der Waals surface area contributed by atoms with Gasteiger partial charge in [-0.3, -0.25) is 4.79 Å². The Morgan fingerprint density at radius 2 is 1.81 bits per heavy atom. The van der Waals surface area contributed by atoms with Gasteiger partial charge in [-0.25, -0.2) is 0 Å². The summed E-state index contributed by atoms with van der Waals surface area (Å²) >= 11 is 0. The van der Waals surface area contributed by atoms with Crippen LogP contribution in [0.3, 0.4) is 0 Å². The lowest BCUT2D eigenvalue weighted by Gasteiger charge is -2.18. The van der Waals surface area contributed by atoms with E-state index in [4.69, 9.17) is 9.47 Å². The van der Waals surface area contributed by atoms with Gasteiger partial charge < -0.3 is 14.8 Å².